The highest BCUT2D eigenvalue weighted by Gasteiger charge is 2.20. The lowest BCUT2D eigenvalue weighted by Crippen LogP contribution is -2.38. The Morgan fingerprint density at radius 2 is 2.25 bits per heavy atom. The Labute approximate surface area is 102 Å². The van der Waals surface area contributed by atoms with Gasteiger partial charge in [0, 0.05) is 12.6 Å². The van der Waals surface area contributed by atoms with Crippen molar-refractivity contribution in [2.45, 2.75) is 46.1 Å². The van der Waals surface area contributed by atoms with Gasteiger partial charge < -0.3 is 4.90 Å². The second-order valence-corrected chi connectivity index (χ2v) is 5.03. The topological polar surface area (TPSA) is 20.3 Å². The average molecular weight is 239 g/mol. The summed E-state index contributed by atoms with van der Waals surface area (Å²) in [5, 5.41) is 1.96. The number of rotatable bonds is 6. The molecule has 1 aromatic heterocycles. The average Bonchev–Trinajstić information content (AvgIpc) is 2.82. The minimum Gasteiger partial charge on any atom is -0.335 e. The monoisotopic (exact) mass is 239 g/mol. The second-order valence-electron chi connectivity index (χ2n) is 4.09. The highest BCUT2D eigenvalue weighted by molar-refractivity contribution is 7.12. The zero-order chi connectivity index (χ0) is 12.0. The molecule has 1 unspecified atom stereocenters. The first kappa shape index (κ1) is 13.2. The van der Waals surface area contributed by atoms with E-state index in [1.165, 1.54) is 11.3 Å². The van der Waals surface area contributed by atoms with Gasteiger partial charge in [0.25, 0.3) is 5.91 Å². The first-order valence-corrected chi connectivity index (χ1v) is 6.93. The first-order valence-electron chi connectivity index (χ1n) is 6.05. The molecule has 1 heterocycles. The van der Waals surface area contributed by atoms with Gasteiger partial charge in [-0.2, -0.15) is 0 Å². The van der Waals surface area contributed by atoms with Crippen molar-refractivity contribution >= 4 is 17.2 Å². The van der Waals surface area contributed by atoms with Crippen molar-refractivity contribution in [3.63, 3.8) is 0 Å². The fourth-order valence-electron chi connectivity index (χ4n) is 1.61. The van der Waals surface area contributed by atoms with E-state index in [0.29, 0.717) is 6.04 Å². The number of hydrogen-bond acceptors (Lipinski definition) is 2. The fourth-order valence-corrected chi connectivity index (χ4v) is 2.29. The molecule has 1 amide bonds. The number of carbonyl (C=O) groups is 1. The van der Waals surface area contributed by atoms with Gasteiger partial charge in [-0.25, -0.2) is 0 Å². The molecule has 0 aromatic carbocycles. The van der Waals surface area contributed by atoms with E-state index in [-0.39, 0.29) is 5.91 Å². The van der Waals surface area contributed by atoms with Crippen LogP contribution in [0.25, 0.3) is 0 Å². The van der Waals surface area contributed by atoms with Crippen LogP contribution >= 0.6 is 11.3 Å². The molecule has 0 fully saturated rings. The van der Waals surface area contributed by atoms with Crippen LogP contribution < -0.4 is 0 Å². The Hall–Kier alpha value is -0.830. The van der Waals surface area contributed by atoms with Gasteiger partial charge in [-0.1, -0.05) is 26.3 Å². The molecule has 0 saturated carbocycles. The molecule has 16 heavy (non-hydrogen) atoms. The van der Waals surface area contributed by atoms with E-state index in [0.717, 1.165) is 30.7 Å². The number of hydrogen-bond donors (Lipinski definition) is 0. The maximum Gasteiger partial charge on any atom is 0.264 e. The number of carbonyl (C=O) groups excluding carboxylic acids is 1. The Kier molecular flexibility index (Phi) is 5.53. The highest BCUT2D eigenvalue weighted by atomic mass is 32.1. The van der Waals surface area contributed by atoms with E-state index in [1.54, 1.807) is 0 Å². The molecular weight excluding hydrogens is 218 g/mol. The van der Waals surface area contributed by atoms with Crippen LogP contribution in [0, 0.1) is 0 Å². The summed E-state index contributed by atoms with van der Waals surface area (Å²) in [5.74, 6) is 0.192. The molecule has 90 valence electrons. The SMILES string of the molecule is CCCCN(C(=O)c1cccs1)C(C)CC. The van der Waals surface area contributed by atoms with Crippen molar-refractivity contribution in [3.8, 4) is 0 Å². The van der Waals surface area contributed by atoms with E-state index >= 15 is 0 Å². The van der Waals surface area contributed by atoms with E-state index in [1.807, 2.05) is 22.4 Å². The Morgan fingerprint density at radius 3 is 2.75 bits per heavy atom. The number of amides is 1. The predicted octanol–water partition coefficient (Wildman–Crippen LogP) is 3.79. The summed E-state index contributed by atoms with van der Waals surface area (Å²) < 4.78 is 0. The number of unbranched alkanes of at least 4 members (excludes halogenated alkanes) is 1. The van der Waals surface area contributed by atoms with Crippen molar-refractivity contribution < 1.29 is 4.79 Å². The maximum atomic E-state index is 12.2. The molecule has 0 aliphatic rings. The van der Waals surface area contributed by atoms with Gasteiger partial charge in [0.05, 0.1) is 4.88 Å². The molecule has 0 bridgehead atoms. The zero-order valence-electron chi connectivity index (χ0n) is 10.4. The van der Waals surface area contributed by atoms with E-state index < -0.39 is 0 Å². The minimum atomic E-state index is 0.192. The van der Waals surface area contributed by atoms with Crippen molar-refractivity contribution in [3.05, 3.63) is 22.4 Å². The molecule has 0 N–H and O–H groups in total. The van der Waals surface area contributed by atoms with Crippen molar-refractivity contribution in [1.29, 1.82) is 0 Å². The fraction of sp³-hybridized carbons (Fsp3) is 0.615. The van der Waals surface area contributed by atoms with Gasteiger partial charge in [-0.3, -0.25) is 4.79 Å². The summed E-state index contributed by atoms with van der Waals surface area (Å²) in [6.45, 7) is 7.29. The number of nitrogens with zero attached hydrogens (tertiary/aromatic N) is 1. The van der Waals surface area contributed by atoms with Gasteiger partial charge in [-0.15, -0.1) is 11.3 Å². The molecule has 0 saturated heterocycles. The molecule has 0 spiro atoms. The summed E-state index contributed by atoms with van der Waals surface area (Å²) in [4.78, 5) is 15.1. The van der Waals surface area contributed by atoms with Crippen LogP contribution in [0.5, 0.6) is 0 Å². The molecule has 1 aromatic rings. The molecule has 3 heteroatoms. The highest BCUT2D eigenvalue weighted by Crippen LogP contribution is 2.16. The molecule has 1 rings (SSSR count). The number of thiophene rings is 1. The van der Waals surface area contributed by atoms with Crippen LogP contribution in [0.2, 0.25) is 0 Å². The lowest BCUT2D eigenvalue weighted by molar-refractivity contribution is 0.0690. The van der Waals surface area contributed by atoms with Crippen LogP contribution in [0.4, 0.5) is 0 Å². The van der Waals surface area contributed by atoms with E-state index in [4.69, 9.17) is 0 Å². The summed E-state index contributed by atoms with van der Waals surface area (Å²) >= 11 is 1.53. The zero-order valence-corrected chi connectivity index (χ0v) is 11.2. The molecule has 1 atom stereocenters. The maximum absolute atomic E-state index is 12.2. The van der Waals surface area contributed by atoms with Gasteiger partial charge in [0.2, 0.25) is 0 Å². The van der Waals surface area contributed by atoms with Gasteiger partial charge in [-0.05, 0) is 31.2 Å². The molecule has 0 radical (unpaired) electrons. The Bertz CT molecular complexity index is 308. The van der Waals surface area contributed by atoms with Gasteiger partial charge in [0.15, 0.2) is 0 Å². The first-order chi connectivity index (χ1) is 7.70. The van der Waals surface area contributed by atoms with Gasteiger partial charge >= 0.3 is 0 Å². The second kappa shape index (κ2) is 6.69. The minimum absolute atomic E-state index is 0.192. The smallest absolute Gasteiger partial charge is 0.264 e. The van der Waals surface area contributed by atoms with E-state index in [9.17, 15) is 4.79 Å². The van der Waals surface area contributed by atoms with Crippen LogP contribution in [-0.4, -0.2) is 23.4 Å². The lowest BCUT2D eigenvalue weighted by Gasteiger charge is -2.28. The lowest BCUT2D eigenvalue weighted by atomic mass is 10.2. The van der Waals surface area contributed by atoms with E-state index in [2.05, 4.69) is 20.8 Å². The summed E-state index contributed by atoms with van der Waals surface area (Å²) in [6.07, 6.45) is 3.23. The summed E-state index contributed by atoms with van der Waals surface area (Å²) in [7, 11) is 0. The molecule has 0 aliphatic carbocycles. The standard InChI is InChI=1S/C13H21NOS/c1-4-6-9-14(11(3)5-2)13(15)12-8-7-10-16-12/h7-8,10-11H,4-6,9H2,1-3H3. The van der Waals surface area contributed by atoms with Crippen LogP contribution in [0.3, 0.4) is 0 Å². The van der Waals surface area contributed by atoms with Crippen molar-refractivity contribution in [1.82, 2.24) is 4.90 Å². The van der Waals surface area contributed by atoms with Crippen LogP contribution in [0.15, 0.2) is 17.5 Å². The normalized spacial score (nSPS) is 12.4. The van der Waals surface area contributed by atoms with Crippen LogP contribution in [-0.2, 0) is 0 Å². The molecular formula is C13H21NOS. The third-order valence-corrected chi connectivity index (χ3v) is 3.73. The third-order valence-electron chi connectivity index (χ3n) is 2.87. The van der Waals surface area contributed by atoms with Gasteiger partial charge in [0.1, 0.15) is 0 Å². The van der Waals surface area contributed by atoms with Crippen LogP contribution in [0.1, 0.15) is 49.7 Å². The quantitative estimate of drug-likeness (QED) is 0.739. The van der Waals surface area contributed by atoms with Crippen molar-refractivity contribution in [2.75, 3.05) is 6.54 Å². The Balaban J connectivity index is 2.71. The summed E-state index contributed by atoms with van der Waals surface area (Å²) in [5.41, 5.74) is 0. The molecule has 0 aliphatic heterocycles. The third kappa shape index (κ3) is 3.34. The largest absolute Gasteiger partial charge is 0.335 e. The summed E-state index contributed by atoms with van der Waals surface area (Å²) in [6, 6.07) is 4.18. The predicted molar refractivity (Wildman–Crippen MR) is 70.0 cm³/mol. The van der Waals surface area contributed by atoms with Crippen molar-refractivity contribution in [2.24, 2.45) is 0 Å². The Morgan fingerprint density at radius 1 is 1.50 bits per heavy atom. The molecule has 2 nitrogen and oxygen atoms in total.